The van der Waals surface area contributed by atoms with Gasteiger partial charge in [-0.15, -0.1) is 0 Å². The van der Waals surface area contributed by atoms with Crippen molar-refractivity contribution in [2.75, 3.05) is 0 Å². The molecule has 0 fully saturated rings. The molecule has 0 amide bonds. The Morgan fingerprint density at radius 2 is 1.75 bits per heavy atom. The van der Waals surface area contributed by atoms with Gasteiger partial charge in [-0.25, -0.2) is 0 Å². The smallest absolute Gasteiger partial charge is 0.303 e. The molecule has 1 rings (SSSR count). The lowest BCUT2D eigenvalue weighted by molar-refractivity contribution is -0.136. The molecule has 86 valence electrons. The van der Waals surface area contributed by atoms with Gasteiger partial charge in [0.25, 0.3) is 0 Å². The minimum absolute atomic E-state index is 0.190. The molecule has 0 heterocycles. The average molecular weight is 220 g/mol. The Morgan fingerprint density at radius 3 is 2.38 bits per heavy atom. The van der Waals surface area contributed by atoms with E-state index in [1.807, 2.05) is 24.3 Å². The number of aromatic hydroxyl groups is 1. The monoisotopic (exact) mass is 220 g/mol. The largest absolute Gasteiger partial charge is 0.508 e. The highest BCUT2D eigenvalue weighted by molar-refractivity contribution is 5.66. The Hall–Kier alpha value is -1.77. The molecule has 0 saturated heterocycles. The highest BCUT2D eigenvalue weighted by atomic mass is 16.4. The molecule has 16 heavy (non-hydrogen) atoms. The van der Waals surface area contributed by atoms with Crippen molar-refractivity contribution in [3.63, 3.8) is 0 Å². The van der Waals surface area contributed by atoms with Gasteiger partial charge in [-0.05, 0) is 37.0 Å². The number of phenolic OH excluding ortho intramolecular Hbond substituents is 1. The SMILES string of the molecule is O=C(O)CC/C=C/CCc1ccc(O)cc1. The van der Waals surface area contributed by atoms with E-state index in [1.54, 1.807) is 12.1 Å². The van der Waals surface area contributed by atoms with E-state index in [-0.39, 0.29) is 12.2 Å². The van der Waals surface area contributed by atoms with Crippen LogP contribution < -0.4 is 0 Å². The van der Waals surface area contributed by atoms with E-state index in [0.29, 0.717) is 6.42 Å². The van der Waals surface area contributed by atoms with Gasteiger partial charge in [0.1, 0.15) is 5.75 Å². The average Bonchev–Trinajstić information content (AvgIpc) is 2.25. The van der Waals surface area contributed by atoms with Gasteiger partial charge in [0.05, 0.1) is 0 Å². The van der Waals surface area contributed by atoms with Crippen molar-refractivity contribution in [1.82, 2.24) is 0 Å². The summed E-state index contributed by atoms with van der Waals surface area (Å²) in [6.45, 7) is 0. The first-order valence-corrected chi connectivity index (χ1v) is 5.33. The van der Waals surface area contributed by atoms with Gasteiger partial charge in [-0.3, -0.25) is 4.79 Å². The Labute approximate surface area is 95.0 Å². The molecular weight excluding hydrogens is 204 g/mol. The Kier molecular flexibility index (Phi) is 5.12. The molecule has 1 aromatic rings. The second kappa shape index (κ2) is 6.67. The van der Waals surface area contributed by atoms with Crippen molar-refractivity contribution >= 4 is 5.97 Å². The van der Waals surface area contributed by atoms with Crippen LogP contribution in [-0.2, 0) is 11.2 Å². The zero-order valence-corrected chi connectivity index (χ0v) is 9.10. The van der Waals surface area contributed by atoms with Crippen LogP contribution in [0.5, 0.6) is 5.75 Å². The van der Waals surface area contributed by atoms with E-state index in [2.05, 4.69) is 0 Å². The van der Waals surface area contributed by atoms with Crippen molar-refractivity contribution in [2.45, 2.75) is 25.7 Å². The number of hydrogen-bond donors (Lipinski definition) is 2. The van der Waals surface area contributed by atoms with E-state index < -0.39 is 5.97 Å². The van der Waals surface area contributed by atoms with E-state index >= 15 is 0 Å². The Morgan fingerprint density at radius 1 is 1.12 bits per heavy atom. The molecule has 0 saturated carbocycles. The third kappa shape index (κ3) is 5.20. The van der Waals surface area contributed by atoms with Crippen molar-refractivity contribution in [1.29, 1.82) is 0 Å². The van der Waals surface area contributed by atoms with Crippen molar-refractivity contribution in [3.8, 4) is 5.75 Å². The minimum Gasteiger partial charge on any atom is -0.508 e. The zero-order chi connectivity index (χ0) is 11.8. The number of benzene rings is 1. The van der Waals surface area contributed by atoms with Crippen LogP contribution in [0.2, 0.25) is 0 Å². The Bertz CT molecular complexity index is 352. The van der Waals surface area contributed by atoms with Crippen LogP contribution in [0.3, 0.4) is 0 Å². The third-order valence-electron chi connectivity index (χ3n) is 2.23. The number of hydrogen-bond acceptors (Lipinski definition) is 2. The fourth-order valence-electron chi connectivity index (χ4n) is 1.36. The predicted octanol–water partition coefficient (Wildman–Crippen LogP) is 2.75. The summed E-state index contributed by atoms with van der Waals surface area (Å²) in [5.41, 5.74) is 1.17. The molecule has 1 aromatic carbocycles. The summed E-state index contributed by atoms with van der Waals surface area (Å²) < 4.78 is 0. The van der Waals surface area contributed by atoms with Crippen LogP contribution in [0.15, 0.2) is 36.4 Å². The molecule has 3 heteroatoms. The summed E-state index contributed by atoms with van der Waals surface area (Å²) in [7, 11) is 0. The van der Waals surface area contributed by atoms with Crippen LogP contribution >= 0.6 is 0 Å². The first-order chi connectivity index (χ1) is 7.68. The quantitative estimate of drug-likeness (QED) is 0.725. The lowest BCUT2D eigenvalue weighted by atomic mass is 10.1. The molecule has 0 aromatic heterocycles. The number of rotatable bonds is 6. The van der Waals surface area contributed by atoms with Gasteiger partial charge >= 0.3 is 5.97 Å². The second-order valence-electron chi connectivity index (χ2n) is 3.61. The molecular formula is C13H16O3. The Balaban J connectivity index is 2.20. The summed E-state index contributed by atoms with van der Waals surface area (Å²) in [4.78, 5) is 10.2. The topological polar surface area (TPSA) is 57.5 Å². The van der Waals surface area contributed by atoms with Crippen LogP contribution in [-0.4, -0.2) is 16.2 Å². The summed E-state index contributed by atoms with van der Waals surface area (Å²) in [6.07, 6.45) is 6.47. The first kappa shape index (κ1) is 12.3. The van der Waals surface area contributed by atoms with Crippen molar-refractivity contribution < 1.29 is 15.0 Å². The number of allylic oxidation sites excluding steroid dienone is 2. The van der Waals surface area contributed by atoms with Crippen LogP contribution in [0.25, 0.3) is 0 Å². The van der Waals surface area contributed by atoms with E-state index in [4.69, 9.17) is 10.2 Å². The summed E-state index contributed by atoms with van der Waals surface area (Å²) in [6, 6.07) is 7.12. The minimum atomic E-state index is -0.761. The molecule has 3 nitrogen and oxygen atoms in total. The van der Waals surface area contributed by atoms with Gasteiger partial charge in [0.15, 0.2) is 0 Å². The number of phenols is 1. The molecule has 0 aliphatic rings. The van der Waals surface area contributed by atoms with Gasteiger partial charge in [-0.2, -0.15) is 0 Å². The highest BCUT2D eigenvalue weighted by Gasteiger charge is 1.93. The maximum Gasteiger partial charge on any atom is 0.303 e. The molecule has 0 spiro atoms. The summed E-state index contributed by atoms with van der Waals surface area (Å²) in [5, 5.41) is 17.5. The zero-order valence-electron chi connectivity index (χ0n) is 9.10. The first-order valence-electron chi connectivity index (χ1n) is 5.33. The molecule has 0 bridgehead atoms. The second-order valence-corrected chi connectivity index (χ2v) is 3.61. The standard InChI is InChI=1S/C13H16O3/c14-12-9-7-11(8-10-12)5-3-1-2-4-6-13(15)16/h1-2,7-10,14H,3-6H2,(H,15,16)/b2-1+. The number of carboxylic acid groups (broad SMARTS) is 1. The maximum absolute atomic E-state index is 10.2. The van der Waals surface area contributed by atoms with Gasteiger partial charge in [0, 0.05) is 6.42 Å². The molecule has 2 N–H and O–H groups in total. The van der Waals surface area contributed by atoms with Crippen LogP contribution in [0, 0.1) is 0 Å². The molecule has 0 aliphatic heterocycles. The van der Waals surface area contributed by atoms with Crippen molar-refractivity contribution in [3.05, 3.63) is 42.0 Å². The van der Waals surface area contributed by atoms with Crippen LogP contribution in [0.4, 0.5) is 0 Å². The number of carbonyl (C=O) groups is 1. The van der Waals surface area contributed by atoms with Crippen LogP contribution in [0.1, 0.15) is 24.8 Å². The van der Waals surface area contributed by atoms with E-state index in [9.17, 15) is 4.79 Å². The molecule has 0 atom stereocenters. The molecule has 0 unspecified atom stereocenters. The maximum atomic E-state index is 10.2. The molecule has 0 radical (unpaired) electrons. The van der Waals surface area contributed by atoms with E-state index in [1.165, 1.54) is 5.56 Å². The number of aliphatic carboxylic acids is 1. The fourth-order valence-corrected chi connectivity index (χ4v) is 1.36. The summed E-state index contributed by atoms with van der Waals surface area (Å²) >= 11 is 0. The normalized spacial score (nSPS) is 10.8. The van der Waals surface area contributed by atoms with Gasteiger partial charge in [0.2, 0.25) is 0 Å². The molecule has 0 aliphatic carbocycles. The highest BCUT2D eigenvalue weighted by Crippen LogP contribution is 2.11. The third-order valence-corrected chi connectivity index (χ3v) is 2.23. The lowest BCUT2D eigenvalue weighted by Gasteiger charge is -1.98. The number of carboxylic acids is 1. The fraction of sp³-hybridized carbons (Fsp3) is 0.308. The lowest BCUT2D eigenvalue weighted by Crippen LogP contribution is -1.91. The number of aryl methyl sites for hydroxylation is 1. The predicted molar refractivity (Wildman–Crippen MR) is 62.4 cm³/mol. The summed E-state index contributed by atoms with van der Waals surface area (Å²) in [5.74, 6) is -0.482. The van der Waals surface area contributed by atoms with Gasteiger partial charge < -0.3 is 10.2 Å². The van der Waals surface area contributed by atoms with Crippen molar-refractivity contribution in [2.24, 2.45) is 0 Å². The van der Waals surface area contributed by atoms with E-state index in [0.717, 1.165) is 12.8 Å². The van der Waals surface area contributed by atoms with Gasteiger partial charge in [-0.1, -0.05) is 24.3 Å².